The molecule has 0 amide bonds. The van der Waals surface area contributed by atoms with Crippen molar-refractivity contribution in [1.82, 2.24) is 0 Å². The highest BCUT2D eigenvalue weighted by Gasteiger charge is 2.35. The molecular weight excluding hydrogens is 512 g/mol. The molecule has 0 aliphatic carbocycles. The SMILES string of the molecule is COc1ccc2cc([C@H](C)C(=O)OCC[C@@]3(C)CCc4c(C)c(OCc5ccccc5)c(C)c(C)c4O3)ccc2c1. The number of hydrogen-bond acceptors (Lipinski definition) is 5. The number of esters is 1. The lowest BCUT2D eigenvalue weighted by molar-refractivity contribution is -0.146. The smallest absolute Gasteiger partial charge is 0.313 e. The van der Waals surface area contributed by atoms with E-state index in [-0.39, 0.29) is 11.9 Å². The van der Waals surface area contributed by atoms with Gasteiger partial charge in [-0.05, 0) is 98.2 Å². The molecule has 0 unspecified atom stereocenters. The fourth-order valence-corrected chi connectivity index (χ4v) is 5.67. The third kappa shape index (κ3) is 6.04. The number of benzene rings is 4. The van der Waals surface area contributed by atoms with Crippen LogP contribution in [0.1, 0.15) is 66.0 Å². The van der Waals surface area contributed by atoms with Crippen LogP contribution in [0.15, 0.2) is 66.7 Å². The van der Waals surface area contributed by atoms with E-state index in [4.69, 9.17) is 18.9 Å². The van der Waals surface area contributed by atoms with Gasteiger partial charge in [0.2, 0.25) is 0 Å². The van der Waals surface area contributed by atoms with Gasteiger partial charge in [0.15, 0.2) is 0 Å². The van der Waals surface area contributed by atoms with Gasteiger partial charge in [-0.15, -0.1) is 0 Å². The molecule has 2 atom stereocenters. The second kappa shape index (κ2) is 11.9. The van der Waals surface area contributed by atoms with Crippen molar-refractivity contribution in [3.8, 4) is 17.2 Å². The Morgan fingerprint density at radius 2 is 1.68 bits per heavy atom. The van der Waals surface area contributed by atoms with Crippen LogP contribution in [0.3, 0.4) is 0 Å². The van der Waals surface area contributed by atoms with Crippen molar-refractivity contribution in [2.45, 2.75) is 72.0 Å². The Kier molecular flexibility index (Phi) is 8.25. The van der Waals surface area contributed by atoms with Crippen LogP contribution < -0.4 is 14.2 Å². The molecule has 41 heavy (non-hydrogen) atoms. The molecule has 0 fully saturated rings. The predicted molar refractivity (Wildman–Crippen MR) is 163 cm³/mol. The molecule has 0 spiro atoms. The molecule has 0 bridgehead atoms. The molecule has 1 heterocycles. The van der Waals surface area contributed by atoms with Crippen molar-refractivity contribution in [3.05, 3.63) is 100 Å². The Labute approximate surface area is 243 Å². The van der Waals surface area contributed by atoms with Gasteiger partial charge < -0.3 is 18.9 Å². The van der Waals surface area contributed by atoms with E-state index in [1.54, 1.807) is 7.11 Å². The van der Waals surface area contributed by atoms with Gasteiger partial charge in [-0.3, -0.25) is 4.79 Å². The van der Waals surface area contributed by atoms with Crippen molar-refractivity contribution >= 4 is 16.7 Å². The van der Waals surface area contributed by atoms with Crippen LogP contribution in [0, 0.1) is 20.8 Å². The van der Waals surface area contributed by atoms with Crippen LogP contribution in [0.4, 0.5) is 0 Å². The Bertz CT molecular complexity index is 1560. The first-order valence-electron chi connectivity index (χ1n) is 14.4. The van der Waals surface area contributed by atoms with Gasteiger partial charge in [-0.1, -0.05) is 54.6 Å². The van der Waals surface area contributed by atoms with Crippen molar-refractivity contribution in [3.63, 3.8) is 0 Å². The first kappa shape index (κ1) is 28.5. The molecule has 0 aromatic heterocycles. The molecule has 5 nitrogen and oxygen atoms in total. The Hall–Kier alpha value is -3.99. The number of ether oxygens (including phenoxy) is 4. The number of rotatable bonds is 9. The zero-order valence-corrected chi connectivity index (χ0v) is 25.0. The van der Waals surface area contributed by atoms with Crippen LogP contribution in [0.25, 0.3) is 10.8 Å². The lowest BCUT2D eigenvalue weighted by atomic mass is 9.85. The van der Waals surface area contributed by atoms with E-state index in [1.165, 1.54) is 5.56 Å². The molecule has 0 saturated carbocycles. The summed E-state index contributed by atoms with van der Waals surface area (Å²) in [6, 6.07) is 22.2. The van der Waals surface area contributed by atoms with E-state index in [0.717, 1.165) is 68.7 Å². The quantitative estimate of drug-likeness (QED) is 0.196. The average molecular weight is 553 g/mol. The van der Waals surface area contributed by atoms with Crippen molar-refractivity contribution < 1.29 is 23.7 Å². The van der Waals surface area contributed by atoms with Gasteiger partial charge in [-0.2, -0.15) is 0 Å². The number of fused-ring (bicyclic) bond motifs is 2. The molecule has 4 aromatic carbocycles. The molecule has 5 heteroatoms. The third-order valence-electron chi connectivity index (χ3n) is 8.59. The van der Waals surface area contributed by atoms with Crippen molar-refractivity contribution in [2.24, 2.45) is 0 Å². The standard InChI is InChI=1S/C36H40O5/c1-23-24(2)34-32(26(4)33(23)40-22-27-10-8-7-9-11-27)16-17-36(5,41-34)18-19-39-35(37)25(3)28-12-13-30-21-31(38-6)15-14-29(30)20-28/h7-15,20-21,25H,16-19,22H2,1-6H3/t25-,36+/m0/s1. The summed E-state index contributed by atoms with van der Waals surface area (Å²) in [5.74, 6) is 2.14. The van der Waals surface area contributed by atoms with E-state index >= 15 is 0 Å². The molecule has 0 N–H and O–H groups in total. The number of hydrogen-bond donors (Lipinski definition) is 0. The average Bonchev–Trinajstić information content (AvgIpc) is 2.99. The first-order valence-corrected chi connectivity index (χ1v) is 14.4. The van der Waals surface area contributed by atoms with E-state index in [0.29, 0.717) is 19.6 Å². The number of carbonyl (C=O) groups is 1. The maximum Gasteiger partial charge on any atom is 0.313 e. The zero-order chi connectivity index (χ0) is 29.1. The minimum Gasteiger partial charge on any atom is -0.497 e. The van der Waals surface area contributed by atoms with Crippen molar-refractivity contribution in [1.29, 1.82) is 0 Å². The Balaban J connectivity index is 1.21. The van der Waals surface area contributed by atoms with Crippen LogP contribution in [0.2, 0.25) is 0 Å². The summed E-state index contributed by atoms with van der Waals surface area (Å²) >= 11 is 0. The molecule has 4 aromatic rings. The number of carbonyl (C=O) groups excluding carboxylic acids is 1. The fraction of sp³-hybridized carbons (Fsp3) is 0.361. The maximum absolute atomic E-state index is 13.0. The normalized spacial score (nSPS) is 16.9. The van der Waals surface area contributed by atoms with E-state index < -0.39 is 5.60 Å². The number of methoxy groups -OCH3 is 1. The monoisotopic (exact) mass is 552 g/mol. The molecule has 0 radical (unpaired) electrons. The largest absolute Gasteiger partial charge is 0.497 e. The molecule has 1 aliphatic heterocycles. The van der Waals surface area contributed by atoms with Crippen molar-refractivity contribution in [2.75, 3.05) is 13.7 Å². The van der Waals surface area contributed by atoms with Crippen LogP contribution in [0.5, 0.6) is 17.2 Å². The second-order valence-electron chi connectivity index (χ2n) is 11.4. The third-order valence-corrected chi connectivity index (χ3v) is 8.59. The van der Waals surface area contributed by atoms with E-state index in [1.807, 2.05) is 55.5 Å². The van der Waals surface area contributed by atoms with E-state index in [9.17, 15) is 4.79 Å². The minimum atomic E-state index is -0.408. The summed E-state index contributed by atoms with van der Waals surface area (Å²) in [4.78, 5) is 13.0. The summed E-state index contributed by atoms with van der Waals surface area (Å²) in [5, 5.41) is 2.14. The topological polar surface area (TPSA) is 54.0 Å². The lowest BCUT2D eigenvalue weighted by Gasteiger charge is -2.38. The predicted octanol–water partition coefficient (Wildman–Crippen LogP) is 8.17. The summed E-state index contributed by atoms with van der Waals surface area (Å²) in [6.45, 7) is 11.2. The highest BCUT2D eigenvalue weighted by atomic mass is 16.5. The van der Waals surface area contributed by atoms with E-state index in [2.05, 4.69) is 45.9 Å². The lowest BCUT2D eigenvalue weighted by Crippen LogP contribution is -2.38. The summed E-state index contributed by atoms with van der Waals surface area (Å²) in [6.07, 6.45) is 2.38. The summed E-state index contributed by atoms with van der Waals surface area (Å²) < 4.78 is 24.1. The first-order chi connectivity index (χ1) is 19.7. The van der Waals surface area contributed by atoms with Gasteiger partial charge in [0.1, 0.15) is 29.5 Å². The van der Waals surface area contributed by atoms with Gasteiger partial charge >= 0.3 is 5.97 Å². The Morgan fingerprint density at radius 1 is 0.951 bits per heavy atom. The van der Waals surface area contributed by atoms with Crippen LogP contribution >= 0.6 is 0 Å². The summed E-state index contributed by atoms with van der Waals surface area (Å²) in [7, 11) is 1.66. The van der Waals surface area contributed by atoms with Gasteiger partial charge in [-0.25, -0.2) is 0 Å². The minimum absolute atomic E-state index is 0.222. The second-order valence-corrected chi connectivity index (χ2v) is 11.4. The Morgan fingerprint density at radius 3 is 2.44 bits per heavy atom. The molecule has 1 aliphatic rings. The zero-order valence-electron chi connectivity index (χ0n) is 25.0. The van der Waals surface area contributed by atoms with Gasteiger partial charge in [0.25, 0.3) is 0 Å². The molecule has 0 saturated heterocycles. The highest BCUT2D eigenvalue weighted by Crippen LogP contribution is 2.44. The van der Waals surface area contributed by atoms with Crippen LogP contribution in [-0.2, 0) is 22.6 Å². The molecule has 214 valence electrons. The van der Waals surface area contributed by atoms with Crippen LogP contribution in [-0.4, -0.2) is 25.3 Å². The molecule has 5 rings (SSSR count). The molecular formula is C36H40O5. The summed E-state index contributed by atoms with van der Waals surface area (Å²) in [5.41, 5.74) is 6.26. The van der Waals surface area contributed by atoms with Gasteiger partial charge in [0.05, 0.1) is 19.6 Å². The van der Waals surface area contributed by atoms with Gasteiger partial charge in [0, 0.05) is 12.0 Å². The highest BCUT2D eigenvalue weighted by molar-refractivity contribution is 5.86. The fourth-order valence-electron chi connectivity index (χ4n) is 5.67. The maximum atomic E-state index is 13.0.